The van der Waals surface area contributed by atoms with Gasteiger partial charge in [-0.05, 0) is 58.3 Å². The lowest BCUT2D eigenvalue weighted by Crippen LogP contribution is -2.37. The van der Waals surface area contributed by atoms with Crippen molar-refractivity contribution in [2.75, 3.05) is 26.7 Å². The fraction of sp³-hybridized carbons (Fsp3) is 0.625. The summed E-state index contributed by atoms with van der Waals surface area (Å²) in [7, 11) is 2.23. The van der Waals surface area contributed by atoms with Crippen LogP contribution in [0.2, 0.25) is 0 Å². The van der Waals surface area contributed by atoms with E-state index in [0.29, 0.717) is 6.04 Å². The maximum atomic E-state index is 3.68. The minimum atomic E-state index is 0.456. The molecule has 18 heavy (non-hydrogen) atoms. The molecule has 0 spiro atoms. The molecule has 1 saturated heterocycles. The van der Waals surface area contributed by atoms with Crippen LogP contribution in [0.4, 0.5) is 0 Å². The highest BCUT2D eigenvalue weighted by atomic mass is 15.1. The Bertz CT molecular complexity index is 358. The first kappa shape index (κ1) is 13.6. The molecule has 1 heterocycles. The number of benzene rings is 1. The molecule has 100 valence electrons. The Morgan fingerprint density at radius 3 is 2.72 bits per heavy atom. The van der Waals surface area contributed by atoms with E-state index in [1.54, 1.807) is 0 Å². The van der Waals surface area contributed by atoms with Gasteiger partial charge in [0.1, 0.15) is 0 Å². The van der Waals surface area contributed by atoms with Crippen LogP contribution in [-0.2, 0) is 0 Å². The van der Waals surface area contributed by atoms with Gasteiger partial charge in [-0.15, -0.1) is 0 Å². The zero-order valence-corrected chi connectivity index (χ0v) is 11.9. The van der Waals surface area contributed by atoms with E-state index in [-0.39, 0.29) is 0 Å². The Kier molecular flexibility index (Phi) is 4.79. The molecule has 1 aromatic carbocycles. The molecule has 0 radical (unpaired) electrons. The third-order valence-electron chi connectivity index (χ3n) is 4.01. The van der Waals surface area contributed by atoms with Crippen LogP contribution in [0, 0.1) is 12.8 Å². The van der Waals surface area contributed by atoms with Crippen LogP contribution in [0.3, 0.4) is 0 Å². The van der Waals surface area contributed by atoms with Crippen molar-refractivity contribution >= 4 is 0 Å². The van der Waals surface area contributed by atoms with E-state index in [0.717, 1.165) is 12.5 Å². The second kappa shape index (κ2) is 6.35. The first-order chi connectivity index (χ1) is 8.65. The second-order valence-corrected chi connectivity index (χ2v) is 5.81. The van der Waals surface area contributed by atoms with Gasteiger partial charge in [0.25, 0.3) is 0 Å². The quantitative estimate of drug-likeness (QED) is 0.878. The first-order valence-electron chi connectivity index (χ1n) is 7.13. The second-order valence-electron chi connectivity index (χ2n) is 5.81. The summed E-state index contributed by atoms with van der Waals surface area (Å²) in [6.45, 7) is 8.05. The van der Waals surface area contributed by atoms with E-state index in [2.05, 4.69) is 55.4 Å². The summed E-state index contributed by atoms with van der Waals surface area (Å²) >= 11 is 0. The third kappa shape index (κ3) is 3.82. The van der Waals surface area contributed by atoms with Crippen molar-refractivity contribution in [1.29, 1.82) is 0 Å². The van der Waals surface area contributed by atoms with Gasteiger partial charge in [-0.1, -0.05) is 29.8 Å². The molecule has 2 rings (SSSR count). The average Bonchev–Trinajstić information content (AvgIpc) is 2.37. The van der Waals surface area contributed by atoms with Crippen LogP contribution in [0.25, 0.3) is 0 Å². The van der Waals surface area contributed by atoms with Crippen molar-refractivity contribution < 1.29 is 0 Å². The molecule has 0 aliphatic carbocycles. The van der Waals surface area contributed by atoms with Crippen molar-refractivity contribution in [3.63, 3.8) is 0 Å². The van der Waals surface area contributed by atoms with Gasteiger partial charge in [0.15, 0.2) is 0 Å². The zero-order chi connectivity index (χ0) is 13.0. The van der Waals surface area contributed by atoms with Crippen molar-refractivity contribution in [3.05, 3.63) is 35.4 Å². The Labute approximate surface area is 111 Å². The van der Waals surface area contributed by atoms with Gasteiger partial charge in [-0.2, -0.15) is 0 Å². The van der Waals surface area contributed by atoms with Gasteiger partial charge in [-0.3, -0.25) is 0 Å². The van der Waals surface area contributed by atoms with E-state index in [9.17, 15) is 0 Å². The molecule has 2 heteroatoms. The number of nitrogens with one attached hydrogen (secondary N) is 1. The van der Waals surface area contributed by atoms with Gasteiger partial charge in [0.05, 0.1) is 0 Å². The Balaban J connectivity index is 1.80. The lowest BCUT2D eigenvalue weighted by atomic mass is 9.97. The molecule has 1 fully saturated rings. The van der Waals surface area contributed by atoms with Crippen LogP contribution >= 0.6 is 0 Å². The van der Waals surface area contributed by atoms with Crippen LogP contribution in [0.15, 0.2) is 24.3 Å². The summed E-state index contributed by atoms with van der Waals surface area (Å²) < 4.78 is 0. The fourth-order valence-corrected chi connectivity index (χ4v) is 2.76. The summed E-state index contributed by atoms with van der Waals surface area (Å²) in [6.07, 6.45) is 2.72. The number of aryl methyl sites for hydroxylation is 1. The van der Waals surface area contributed by atoms with Gasteiger partial charge >= 0.3 is 0 Å². The predicted molar refractivity (Wildman–Crippen MR) is 77.8 cm³/mol. The van der Waals surface area contributed by atoms with Crippen LogP contribution in [0.1, 0.15) is 36.9 Å². The minimum Gasteiger partial charge on any atom is -0.310 e. The SMILES string of the molecule is Cc1ccc([C@@H](C)NCC2CCCN(C)C2)cc1. The molecule has 1 unspecified atom stereocenters. The standard InChI is InChI=1S/C16H26N2/c1-13-6-8-16(9-7-13)14(2)17-11-15-5-4-10-18(3)12-15/h6-9,14-15,17H,4-5,10-12H2,1-3H3/t14-,15?/m1/s1. The lowest BCUT2D eigenvalue weighted by molar-refractivity contribution is 0.203. The van der Waals surface area contributed by atoms with Crippen LogP contribution in [0.5, 0.6) is 0 Å². The number of hydrogen-bond acceptors (Lipinski definition) is 2. The molecular weight excluding hydrogens is 220 g/mol. The molecule has 0 amide bonds. The summed E-state index contributed by atoms with van der Waals surface area (Å²) in [4.78, 5) is 2.45. The maximum absolute atomic E-state index is 3.68. The summed E-state index contributed by atoms with van der Waals surface area (Å²) in [6, 6.07) is 9.32. The molecule has 2 atom stereocenters. The molecule has 0 aromatic heterocycles. The van der Waals surface area contributed by atoms with Gasteiger partial charge in [0.2, 0.25) is 0 Å². The Hall–Kier alpha value is -0.860. The zero-order valence-electron chi connectivity index (χ0n) is 11.9. The molecule has 1 N–H and O–H groups in total. The highest BCUT2D eigenvalue weighted by Crippen LogP contribution is 2.17. The summed E-state index contributed by atoms with van der Waals surface area (Å²) in [5.74, 6) is 0.816. The largest absolute Gasteiger partial charge is 0.310 e. The monoisotopic (exact) mass is 246 g/mol. The maximum Gasteiger partial charge on any atom is 0.0291 e. The number of nitrogens with zero attached hydrogens (tertiary/aromatic N) is 1. The van der Waals surface area contributed by atoms with Gasteiger partial charge in [-0.25, -0.2) is 0 Å². The smallest absolute Gasteiger partial charge is 0.0291 e. The predicted octanol–water partition coefficient (Wildman–Crippen LogP) is 2.99. The molecule has 1 aromatic rings. The first-order valence-corrected chi connectivity index (χ1v) is 7.13. The van der Waals surface area contributed by atoms with Crippen LogP contribution < -0.4 is 5.32 Å². The summed E-state index contributed by atoms with van der Waals surface area (Å²) in [5.41, 5.74) is 2.73. The highest BCUT2D eigenvalue weighted by Gasteiger charge is 2.17. The Morgan fingerprint density at radius 2 is 2.06 bits per heavy atom. The normalized spacial score (nSPS) is 22.9. The fourth-order valence-electron chi connectivity index (χ4n) is 2.76. The van der Waals surface area contributed by atoms with Gasteiger partial charge < -0.3 is 10.2 Å². The van der Waals surface area contributed by atoms with Crippen molar-refractivity contribution in [2.24, 2.45) is 5.92 Å². The Morgan fingerprint density at radius 1 is 1.33 bits per heavy atom. The molecule has 0 bridgehead atoms. The van der Waals surface area contributed by atoms with Crippen molar-refractivity contribution in [1.82, 2.24) is 10.2 Å². The molecule has 0 saturated carbocycles. The molecule has 1 aliphatic heterocycles. The molecule has 2 nitrogen and oxygen atoms in total. The van der Waals surface area contributed by atoms with Crippen LogP contribution in [-0.4, -0.2) is 31.6 Å². The van der Waals surface area contributed by atoms with E-state index in [1.807, 2.05) is 0 Å². The topological polar surface area (TPSA) is 15.3 Å². The van der Waals surface area contributed by atoms with Gasteiger partial charge in [0, 0.05) is 12.6 Å². The minimum absolute atomic E-state index is 0.456. The van der Waals surface area contributed by atoms with E-state index < -0.39 is 0 Å². The highest BCUT2D eigenvalue weighted by molar-refractivity contribution is 5.23. The number of rotatable bonds is 4. The lowest BCUT2D eigenvalue weighted by Gasteiger charge is -2.30. The number of hydrogen-bond donors (Lipinski definition) is 1. The third-order valence-corrected chi connectivity index (χ3v) is 4.01. The molecular formula is C16H26N2. The number of likely N-dealkylation sites (tertiary alicyclic amines) is 1. The average molecular weight is 246 g/mol. The van der Waals surface area contributed by atoms with Crippen molar-refractivity contribution in [3.8, 4) is 0 Å². The van der Waals surface area contributed by atoms with Crippen molar-refractivity contribution in [2.45, 2.75) is 32.7 Å². The number of piperidine rings is 1. The summed E-state index contributed by atoms with van der Waals surface area (Å²) in [5, 5.41) is 3.68. The van der Waals surface area contributed by atoms with E-state index >= 15 is 0 Å². The van der Waals surface area contributed by atoms with E-state index in [1.165, 1.54) is 37.1 Å². The van der Waals surface area contributed by atoms with E-state index in [4.69, 9.17) is 0 Å². The molecule has 1 aliphatic rings.